The lowest BCUT2D eigenvalue weighted by Crippen LogP contribution is -2.15. The summed E-state index contributed by atoms with van der Waals surface area (Å²) >= 11 is 0. The van der Waals surface area contributed by atoms with Crippen LogP contribution in [0.5, 0.6) is 11.5 Å². The Labute approximate surface area is 94.1 Å². The van der Waals surface area contributed by atoms with E-state index in [9.17, 15) is 4.79 Å². The van der Waals surface area contributed by atoms with E-state index in [0.29, 0.717) is 23.7 Å². The van der Waals surface area contributed by atoms with E-state index in [1.807, 2.05) is 6.92 Å². The minimum atomic E-state index is 0.0202. The molecule has 0 amide bonds. The number of rotatable bonds is 4. The lowest BCUT2D eigenvalue weighted by atomic mass is 10.1. The molecule has 4 heteroatoms. The van der Waals surface area contributed by atoms with Crippen molar-refractivity contribution in [3.63, 3.8) is 0 Å². The Kier molecular flexibility index (Phi) is 3.10. The van der Waals surface area contributed by atoms with Gasteiger partial charge in [-0.15, -0.1) is 0 Å². The van der Waals surface area contributed by atoms with Crippen molar-refractivity contribution in [2.45, 2.75) is 13.0 Å². The van der Waals surface area contributed by atoms with Gasteiger partial charge < -0.3 is 14.2 Å². The van der Waals surface area contributed by atoms with Gasteiger partial charge in [0.15, 0.2) is 6.61 Å². The molecular weight excluding hydrogens is 208 g/mol. The number of hydrogen-bond acceptors (Lipinski definition) is 4. The Morgan fingerprint density at radius 2 is 2.31 bits per heavy atom. The van der Waals surface area contributed by atoms with Gasteiger partial charge in [-0.25, -0.2) is 0 Å². The van der Waals surface area contributed by atoms with Crippen molar-refractivity contribution in [3.8, 4) is 11.5 Å². The maximum absolute atomic E-state index is 11.3. The molecule has 1 aliphatic heterocycles. The lowest BCUT2D eigenvalue weighted by molar-refractivity contribution is 0.0716. The Morgan fingerprint density at radius 3 is 3.06 bits per heavy atom. The van der Waals surface area contributed by atoms with E-state index in [0.717, 1.165) is 0 Å². The van der Waals surface area contributed by atoms with E-state index in [1.54, 1.807) is 25.3 Å². The highest BCUT2D eigenvalue weighted by Gasteiger charge is 2.21. The number of carbonyl (C=O) groups excluding carboxylic acids is 1. The zero-order chi connectivity index (χ0) is 11.5. The van der Waals surface area contributed by atoms with Crippen LogP contribution in [0.3, 0.4) is 0 Å². The highest BCUT2D eigenvalue weighted by atomic mass is 16.5. The van der Waals surface area contributed by atoms with Crippen molar-refractivity contribution in [1.82, 2.24) is 0 Å². The molecule has 1 unspecified atom stereocenters. The molecule has 16 heavy (non-hydrogen) atoms. The van der Waals surface area contributed by atoms with Gasteiger partial charge in [-0.05, 0) is 19.1 Å². The van der Waals surface area contributed by atoms with Crippen LogP contribution in [0.2, 0.25) is 0 Å². The molecule has 4 nitrogen and oxygen atoms in total. The quantitative estimate of drug-likeness (QED) is 0.777. The van der Waals surface area contributed by atoms with Crippen LogP contribution in [-0.4, -0.2) is 32.2 Å². The second-order valence-corrected chi connectivity index (χ2v) is 3.73. The Balaban J connectivity index is 2.05. The third-order valence-electron chi connectivity index (χ3n) is 2.50. The molecule has 0 saturated carbocycles. The summed E-state index contributed by atoms with van der Waals surface area (Å²) in [5, 5.41) is 0. The zero-order valence-corrected chi connectivity index (χ0v) is 9.36. The monoisotopic (exact) mass is 222 g/mol. The molecule has 0 radical (unpaired) electrons. The smallest absolute Gasteiger partial charge is 0.203 e. The largest absolute Gasteiger partial charge is 0.491 e. The Bertz CT molecular complexity index is 400. The van der Waals surface area contributed by atoms with Crippen molar-refractivity contribution >= 4 is 5.78 Å². The standard InChI is InChI=1S/C12H14O4/c1-8(14-2)6-15-9-3-4-10-11(13)7-16-12(10)5-9/h3-5,8H,6-7H2,1-2H3. The van der Waals surface area contributed by atoms with Crippen LogP contribution in [0.15, 0.2) is 18.2 Å². The summed E-state index contributed by atoms with van der Waals surface area (Å²) < 4.78 is 15.8. The summed E-state index contributed by atoms with van der Waals surface area (Å²) in [6.45, 7) is 2.53. The van der Waals surface area contributed by atoms with Crippen molar-refractivity contribution in [2.24, 2.45) is 0 Å². The third kappa shape index (κ3) is 2.17. The van der Waals surface area contributed by atoms with E-state index in [1.165, 1.54) is 0 Å². The molecule has 1 aromatic carbocycles. The number of ketones is 1. The van der Waals surface area contributed by atoms with E-state index in [-0.39, 0.29) is 18.5 Å². The maximum Gasteiger partial charge on any atom is 0.203 e. The molecular formula is C12H14O4. The second kappa shape index (κ2) is 4.53. The normalized spacial score (nSPS) is 15.5. The van der Waals surface area contributed by atoms with Crippen LogP contribution in [-0.2, 0) is 4.74 Å². The van der Waals surface area contributed by atoms with Crippen LogP contribution >= 0.6 is 0 Å². The molecule has 0 spiro atoms. The number of benzene rings is 1. The van der Waals surface area contributed by atoms with Gasteiger partial charge in [0.1, 0.15) is 18.1 Å². The molecule has 2 rings (SSSR count). The highest BCUT2D eigenvalue weighted by molar-refractivity contribution is 6.02. The number of hydrogen-bond donors (Lipinski definition) is 0. The van der Waals surface area contributed by atoms with Crippen LogP contribution in [0.25, 0.3) is 0 Å². The summed E-state index contributed by atoms with van der Waals surface area (Å²) in [4.78, 5) is 11.3. The van der Waals surface area contributed by atoms with Gasteiger partial charge in [-0.3, -0.25) is 4.79 Å². The summed E-state index contributed by atoms with van der Waals surface area (Å²) in [5.41, 5.74) is 0.632. The van der Waals surface area contributed by atoms with Gasteiger partial charge in [0, 0.05) is 13.2 Å². The van der Waals surface area contributed by atoms with Crippen molar-refractivity contribution < 1.29 is 19.0 Å². The molecule has 0 N–H and O–H groups in total. The Morgan fingerprint density at radius 1 is 1.50 bits per heavy atom. The topological polar surface area (TPSA) is 44.8 Å². The first-order chi connectivity index (χ1) is 7.70. The van der Waals surface area contributed by atoms with Gasteiger partial charge in [0.05, 0.1) is 11.7 Å². The van der Waals surface area contributed by atoms with E-state index < -0.39 is 0 Å². The van der Waals surface area contributed by atoms with Crippen LogP contribution < -0.4 is 9.47 Å². The van der Waals surface area contributed by atoms with Gasteiger partial charge in [-0.1, -0.05) is 0 Å². The van der Waals surface area contributed by atoms with E-state index >= 15 is 0 Å². The second-order valence-electron chi connectivity index (χ2n) is 3.73. The van der Waals surface area contributed by atoms with Crippen LogP contribution in [0.1, 0.15) is 17.3 Å². The molecule has 1 aromatic rings. The number of fused-ring (bicyclic) bond motifs is 1. The fourth-order valence-electron chi connectivity index (χ4n) is 1.44. The highest BCUT2D eigenvalue weighted by Crippen LogP contribution is 2.29. The third-order valence-corrected chi connectivity index (χ3v) is 2.50. The molecule has 0 fully saturated rings. The first kappa shape index (κ1) is 11.0. The summed E-state index contributed by atoms with van der Waals surface area (Å²) in [5.74, 6) is 1.32. The van der Waals surface area contributed by atoms with Crippen LogP contribution in [0.4, 0.5) is 0 Å². The van der Waals surface area contributed by atoms with E-state index in [2.05, 4.69) is 0 Å². The molecule has 1 heterocycles. The molecule has 0 aliphatic carbocycles. The minimum absolute atomic E-state index is 0.0202. The molecule has 1 aliphatic rings. The van der Waals surface area contributed by atoms with Crippen LogP contribution in [0, 0.1) is 0 Å². The summed E-state index contributed by atoms with van der Waals surface area (Å²) in [6, 6.07) is 5.24. The fraction of sp³-hybridized carbons (Fsp3) is 0.417. The number of methoxy groups -OCH3 is 1. The summed E-state index contributed by atoms with van der Waals surface area (Å²) in [7, 11) is 1.64. The first-order valence-electron chi connectivity index (χ1n) is 5.16. The van der Waals surface area contributed by atoms with Crippen molar-refractivity contribution in [3.05, 3.63) is 23.8 Å². The molecule has 0 bridgehead atoms. The lowest BCUT2D eigenvalue weighted by Gasteiger charge is -2.11. The maximum atomic E-state index is 11.3. The van der Waals surface area contributed by atoms with Gasteiger partial charge in [0.25, 0.3) is 0 Å². The van der Waals surface area contributed by atoms with Crippen molar-refractivity contribution in [1.29, 1.82) is 0 Å². The minimum Gasteiger partial charge on any atom is -0.491 e. The van der Waals surface area contributed by atoms with Gasteiger partial charge >= 0.3 is 0 Å². The number of ether oxygens (including phenoxy) is 3. The Hall–Kier alpha value is -1.55. The van der Waals surface area contributed by atoms with Gasteiger partial charge in [0.2, 0.25) is 5.78 Å². The molecule has 0 aromatic heterocycles. The predicted octanol–water partition coefficient (Wildman–Crippen LogP) is 1.68. The fourth-order valence-corrected chi connectivity index (χ4v) is 1.44. The van der Waals surface area contributed by atoms with Gasteiger partial charge in [-0.2, -0.15) is 0 Å². The number of Topliss-reactive ketones (excluding diaryl/α,β-unsaturated/α-hetero) is 1. The van der Waals surface area contributed by atoms with Crippen molar-refractivity contribution in [2.75, 3.05) is 20.3 Å². The first-order valence-corrected chi connectivity index (χ1v) is 5.16. The molecule has 1 atom stereocenters. The zero-order valence-electron chi connectivity index (χ0n) is 9.36. The average Bonchev–Trinajstić information content (AvgIpc) is 2.67. The predicted molar refractivity (Wildman–Crippen MR) is 58.2 cm³/mol. The number of carbonyl (C=O) groups is 1. The summed E-state index contributed by atoms with van der Waals surface area (Å²) in [6.07, 6.45) is 0.0378. The SMILES string of the molecule is COC(C)COc1ccc2c(c1)OCC2=O. The average molecular weight is 222 g/mol. The van der Waals surface area contributed by atoms with E-state index in [4.69, 9.17) is 14.2 Å². The molecule has 0 saturated heterocycles. The molecule has 86 valence electrons.